The van der Waals surface area contributed by atoms with Crippen molar-refractivity contribution in [1.82, 2.24) is 0 Å². The Morgan fingerprint density at radius 1 is 1.05 bits per heavy atom. The van der Waals surface area contributed by atoms with Gasteiger partial charge in [-0.2, -0.15) is 0 Å². The van der Waals surface area contributed by atoms with Gasteiger partial charge in [-0.05, 0) is 24.3 Å². The fraction of sp³-hybridized carbons (Fsp3) is 0.312. The molecule has 0 spiro atoms. The molecule has 1 aromatic rings. The molecular weight excluding hydrogens is 286 g/mol. The van der Waals surface area contributed by atoms with Crippen LogP contribution in [0.15, 0.2) is 36.4 Å². The predicted molar refractivity (Wildman–Crippen MR) is 75.1 cm³/mol. The molecule has 6 nitrogen and oxygen atoms in total. The second-order valence-electron chi connectivity index (χ2n) is 5.55. The average molecular weight is 299 g/mol. The number of nitrogens with zero attached hydrogens (tertiary/aromatic N) is 1. The van der Waals surface area contributed by atoms with Crippen molar-refractivity contribution in [3.8, 4) is 0 Å². The maximum Gasteiger partial charge on any atom is 0.337 e. The average Bonchev–Trinajstić information content (AvgIpc) is 3.21. The lowest BCUT2D eigenvalue weighted by Gasteiger charge is -2.17. The first-order valence-electron chi connectivity index (χ1n) is 7.02. The third-order valence-electron chi connectivity index (χ3n) is 4.46. The Morgan fingerprint density at radius 2 is 1.59 bits per heavy atom. The summed E-state index contributed by atoms with van der Waals surface area (Å²) in [5.41, 5.74) is 0.840. The summed E-state index contributed by atoms with van der Waals surface area (Å²) in [6.07, 6.45) is 3.10. The minimum Gasteiger partial charge on any atom is -0.465 e. The summed E-state index contributed by atoms with van der Waals surface area (Å²) in [5, 5.41) is 0. The summed E-state index contributed by atoms with van der Waals surface area (Å²) >= 11 is 0. The van der Waals surface area contributed by atoms with Gasteiger partial charge in [-0.15, -0.1) is 0 Å². The second kappa shape index (κ2) is 4.51. The highest BCUT2D eigenvalue weighted by Gasteiger charge is 2.60. The van der Waals surface area contributed by atoms with Gasteiger partial charge in [0, 0.05) is 0 Å². The van der Waals surface area contributed by atoms with Crippen LogP contribution in [0.2, 0.25) is 0 Å². The molecule has 2 fully saturated rings. The zero-order chi connectivity index (χ0) is 15.4. The SMILES string of the molecule is COC(=O)c1ccc(N2C(=O)[C@@H]3[C@H](C2=O)[C@@H]2C=C[C@H]3O2)cc1. The fourth-order valence-corrected chi connectivity index (χ4v) is 3.42. The van der Waals surface area contributed by atoms with Crippen LogP contribution in [0.1, 0.15) is 10.4 Å². The molecular formula is C16H13NO5. The first-order chi connectivity index (χ1) is 10.6. The Balaban J connectivity index is 1.65. The molecule has 0 aliphatic carbocycles. The van der Waals surface area contributed by atoms with Crippen LogP contribution < -0.4 is 4.90 Å². The molecule has 4 rings (SSSR count). The van der Waals surface area contributed by atoms with Crippen molar-refractivity contribution in [2.45, 2.75) is 12.2 Å². The number of carbonyl (C=O) groups is 3. The Morgan fingerprint density at radius 3 is 2.09 bits per heavy atom. The molecule has 2 amide bonds. The minimum atomic E-state index is -0.460. The summed E-state index contributed by atoms with van der Waals surface area (Å²) in [6, 6.07) is 6.25. The van der Waals surface area contributed by atoms with Gasteiger partial charge in [-0.1, -0.05) is 12.2 Å². The zero-order valence-electron chi connectivity index (χ0n) is 11.8. The molecule has 6 heteroatoms. The molecule has 1 aromatic carbocycles. The van der Waals surface area contributed by atoms with Crippen LogP contribution in [-0.4, -0.2) is 37.1 Å². The van der Waals surface area contributed by atoms with E-state index in [1.54, 1.807) is 24.3 Å². The molecule has 3 heterocycles. The van der Waals surface area contributed by atoms with E-state index in [0.29, 0.717) is 11.3 Å². The van der Waals surface area contributed by atoms with Crippen LogP contribution in [0, 0.1) is 11.8 Å². The van der Waals surface area contributed by atoms with Crippen LogP contribution in [-0.2, 0) is 19.1 Å². The fourth-order valence-electron chi connectivity index (χ4n) is 3.42. The molecule has 2 saturated heterocycles. The molecule has 0 N–H and O–H groups in total. The molecule has 3 aliphatic rings. The Labute approximate surface area is 126 Å². The first-order valence-corrected chi connectivity index (χ1v) is 7.02. The molecule has 22 heavy (non-hydrogen) atoms. The highest BCUT2D eigenvalue weighted by Crippen LogP contribution is 2.46. The van der Waals surface area contributed by atoms with Crippen LogP contribution in [0.5, 0.6) is 0 Å². The van der Waals surface area contributed by atoms with Gasteiger partial charge < -0.3 is 9.47 Å². The summed E-state index contributed by atoms with van der Waals surface area (Å²) in [4.78, 5) is 37.8. The van der Waals surface area contributed by atoms with Crippen LogP contribution in [0.25, 0.3) is 0 Å². The van der Waals surface area contributed by atoms with E-state index in [0.717, 1.165) is 0 Å². The quantitative estimate of drug-likeness (QED) is 0.461. The maximum atomic E-state index is 12.6. The monoisotopic (exact) mass is 299 g/mol. The van der Waals surface area contributed by atoms with E-state index in [1.807, 2.05) is 12.2 Å². The van der Waals surface area contributed by atoms with E-state index >= 15 is 0 Å². The molecule has 0 unspecified atom stereocenters. The predicted octanol–water partition coefficient (Wildman–Crippen LogP) is 0.916. The van der Waals surface area contributed by atoms with E-state index < -0.39 is 17.8 Å². The van der Waals surface area contributed by atoms with Gasteiger partial charge in [0.2, 0.25) is 11.8 Å². The molecule has 0 radical (unpaired) electrons. The van der Waals surface area contributed by atoms with E-state index in [4.69, 9.17) is 4.74 Å². The summed E-state index contributed by atoms with van der Waals surface area (Å²) in [7, 11) is 1.30. The van der Waals surface area contributed by atoms with Crippen LogP contribution in [0.3, 0.4) is 0 Å². The number of esters is 1. The van der Waals surface area contributed by atoms with Gasteiger partial charge in [0.25, 0.3) is 0 Å². The van der Waals surface area contributed by atoms with Crippen molar-refractivity contribution >= 4 is 23.5 Å². The topological polar surface area (TPSA) is 72.9 Å². The summed E-state index contributed by atoms with van der Waals surface area (Å²) < 4.78 is 10.2. The lowest BCUT2D eigenvalue weighted by molar-refractivity contribution is -0.124. The van der Waals surface area contributed by atoms with E-state index in [1.165, 1.54) is 12.0 Å². The van der Waals surface area contributed by atoms with Crippen LogP contribution >= 0.6 is 0 Å². The molecule has 4 atom stereocenters. The second-order valence-corrected chi connectivity index (χ2v) is 5.55. The van der Waals surface area contributed by atoms with Gasteiger partial charge in [0.15, 0.2) is 0 Å². The first kappa shape index (κ1) is 13.2. The molecule has 112 valence electrons. The number of methoxy groups -OCH3 is 1. The maximum absolute atomic E-state index is 12.6. The standard InChI is InChI=1S/C16H13NO5/c1-21-16(20)8-2-4-9(5-3-8)17-14(18)12-10-6-7-11(22-10)13(12)15(17)19/h2-7,10-13H,1H3/t10-,11+,12+,13-. The van der Waals surface area contributed by atoms with Crippen molar-refractivity contribution in [2.75, 3.05) is 12.0 Å². The highest BCUT2D eigenvalue weighted by molar-refractivity contribution is 6.23. The number of anilines is 1. The van der Waals surface area contributed by atoms with E-state index in [2.05, 4.69) is 4.74 Å². The number of ether oxygens (including phenoxy) is 2. The van der Waals surface area contributed by atoms with Gasteiger partial charge in [-0.3, -0.25) is 9.59 Å². The smallest absolute Gasteiger partial charge is 0.337 e. The minimum absolute atomic E-state index is 0.238. The van der Waals surface area contributed by atoms with Gasteiger partial charge in [0.1, 0.15) is 0 Å². The Bertz CT molecular complexity index is 678. The largest absolute Gasteiger partial charge is 0.465 e. The lowest BCUT2D eigenvalue weighted by atomic mass is 9.85. The Hall–Kier alpha value is -2.47. The highest BCUT2D eigenvalue weighted by atomic mass is 16.5. The third kappa shape index (κ3) is 1.61. The van der Waals surface area contributed by atoms with Gasteiger partial charge >= 0.3 is 5.97 Å². The number of imide groups is 1. The van der Waals surface area contributed by atoms with Crippen molar-refractivity contribution in [1.29, 1.82) is 0 Å². The number of amides is 2. The number of hydrogen-bond acceptors (Lipinski definition) is 5. The number of benzene rings is 1. The van der Waals surface area contributed by atoms with Crippen molar-refractivity contribution < 1.29 is 23.9 Å². The normalized spacial score (nSPS) is 31.8. The molecule has 0 saturated carbocycles. The van der Waals surface area contributed by atoms with Gasteiger partial charge in [0.05, 0.1) is 42.4 Å². The summed E-state index contributed by atoms with van der Waals surface area (Å²) in [6.45, 7) is 0. The summed E-state index contributed by atoms with van der Waals surface area (Å²) in [5.74, 6) is -1.79. The molecule has 3 aliphatic heterocycles. The number of rotatable bonds is 2. The van der Waals surface area contributed by atoms with Crippen molar-refractivity contribution in [3.05, 3.63) is 42.0 Å². The van der Waals surface area contributed by atoms with Gasteiger partial charge in [-0.25, -0.2) is 9.69 Å². The van der Waals surface area contributed by atoms with Crippen molar-refractivity contribution in [3.63, 3.8) is 0 Å². The zero-order valence-corrected chi connectivity index (χ0v) is 11.8. The van der Waals surface area contributed by atoms with Crippen LogP contribution in [0.4, 0.5) is 5.69 Å². The number of fused-ring (bicyclic) bond motifs is 5. The number of carbonyl (C=O) groups excluding carboxylic acids is 3. The van der Waals surface area contributed by atoms with Crippen molar-refractivity contribution in [2.24, 2.45) is 11.8 Å². The lowest BCUT2D eigenvalue weighted by Crippen LogP contribution is -2.34. The third-order valence-corrected chi connectivity index (χ3v) is 4.46. The molecule has 2 bridgehead atoms. The number of hydrogen-bond donors (Lipinski definition) is 0. The van der Waals surface area contributed by atoms with E-state index in [9.17, 15) is 14.4 Å². The Kier molecular flexibility index (Phi) is 2.71. The molecule has 0 aromatic heterocycles. The van der Waals surface area contributed by atoms with E-state index in [-0.39, 0.29) is 24.0 Å².